The molecule has 0 saturated heterocycles. The zero-order valence-electron chi connectivity index (χ0n) is 17.7. The third kappa shape index (κ3) is 6.28. The van der Waals surface area contributed by atoms with E-state index in [-0.39, 0.29) is 17.6 Å². The molecule has 0 fully saturated rings. The first-order valence-corrected chi connectivity index (χ1v) is 11.6. The quantitative estimate of drug-likeness (QED) is 0.323. The highest BCUT2D eigenvalue weighted by molar-refractivity contribution is 7.99. The number of ether oxygens (including phenoxy) is 1. The first-order chi connectivity index (χ1) is 16.0. The first-order valence-electron chi connectivity index (χ1n) is 10.0. The standard InChI is InChI=1S/C24H20Cl2N4O2S/c1-32-19-6-4-5-17(13-19)14-22(31)27-20-7-2-3-8-21(20)33-24-28-23(26)29-30(24)15-16-9-11-18(25)12-10-16/h2-13H,14-15H2,1H3,(H,27,31). The van der Waals surface area contributed by atoms with Gasteiger partial charge in [0.1, 0.15) is 5.75 Å². The molecule has 1 aromatic heterocycles. The lowest BCUT2D eigenvalue weighted by molar-refractivity contribution is -0.115. The van der Waals surface area contributed by atoms with Gasteiger partial charge in [-0.1, -0.05) is 48.0 Å². The Labute approximate surface area is 205 Å². The van der Waals surface area contributed by atoms with Crippen molar-refractivity contribution in [3.63, 3.8) is 0 Å². The van der Waals surface area contributed by atoms with Crippen LogP contribution in [0.3, 0.4) is 0 Å². The Morgan fingerprint density at radius 2 is 1.82 bits per heavy atom. The van der Waals surface area contributed by atoms with Gasteiger partial charge in [0.15, 0.2) is 5.16 Å². The zero-order valence-corrected chi connectivity index (χ0v) is 20.0. The number of nitrogens with zero attached hydrogens (tertiary/aromatic N) is 3. The topological polar surface area (TPSA) is 69.0 Å². The van der Waals surface area contributed by atoms with Crippen molar-refractivity contribution in [1.82, 2.24) is 14.8 Å². The van der Waals surface area contributed by atoms with E-state index in [0.29, 0.717) is 28.2 Å². The molecule has 4 rings (SSSR count). The number of carbonyl (C=O) groups is 1. The number of nitrogens with one attached hydrogen (secondary N) is 1. The lowest BCUT2D eigenvalue weighted by atomic mass is 10.1. The number of rotatable bonds is 8. The summed E-state index contributed by atoms with van der Waals surface area (Å²) in [5, 5.41) is 8.74. The van der Waals surface area contributed by atoms with E-state index < -0.39 is 0 Å². The van der Waals surface area contributed by atoms with E-state index in [2.05, 4.69) is 15.4 Å². The zero-order chi connectivity index (χ0) is 23.2. The molecule has 0 unspecified atom stereocenters. The molecule has 0 aliphatic carbocycles. The smallest absolute Gasteiger partial charge is 0.243 e. The second kappa shape index (κ2) is 10.7. The van der Waals surface area contributed by atoms with Gasteiger partial charge in [0, 0.05) is 9.92 Å². The molecule has 3 aromatic carbocycles. The largest absolute Gasteiger partial charge is 0.497 e. The van der Waals surface area contributed by atoms with Crippen LogP contribution in [0.5, 0.6) is 5.75 Å². The van der Waals surface area contributed by atoms with E-state index >= 15 is 0 Å². The molecule has 1 amide bonds. The van der Waals surface area contributed by atoms with E-state index in [4.69, 9.17) is 27.9 Å². The molecule has 0 bridgehead atoms. The molecule has 4 aromatic rings. The van der Waals surface area contributed by atoms with Crippen LogP contribution in [0.15, 0.2) is 82.8 Å². The minimum atomic E-state index is -0.128. The first kappa shape index (κ1) is 23.2. The van der Waals surface area contributed by atoms with Gasteiger partial charge >= 0.3 is 0 Å². The lowest BCUT2D eigenvalue weighted by Gasteiger charge is -2.11. The summed E-state index contributed by atoms with van der Waals surface area (Å²) in [6, 6.07) is 22.5. The van der Waals surface area contributed by atoms with Gasteiger partial charge in [-0.25, -0.2) is 4.68 Å². The van der Waals surface area contributed by atoms with Crippen LogP contribution in [-0.4, -0.2) is 27.8 Å². The van der Waals surface area contributed by atoms with E-state index in [1.807, 2.05) is 72.8 Å². The van der Waals surface area contributed by atoms with Crippen LogP contribution in [0.2, 0.25) is 10.3 Å². The maximum atomic E-state index is 12.7. The number of para-hydroxylation sites is 1. The summed E-state index contributed by atoms with van der Waals surface area (Å²) in [6.07, 6.45) is 0.231. The third-order valence-corrected chi connectivity index (χ3v) is 6.19. The van der Waals surface area contributed by atoms with Gasteiger partial charge in [-0.15, -0.1) is 5.10 Å². The maximum Gasteiger partial charge on any atom is 0.243 e. The third-order valence-electron chi connectivity index (χ3n) is 4.72. The number of hydrogen-bond donors (Lipinski definition) is 1. The van der Waals surface area contributed by atoms with Gasteiger partial charge in [-0.3, -0.25) is 4.79 Å². The Hall–Kier alpha value is -3.00. The fraction of sp³-hybridized carbons (Fsp3) is 0.125. The Kier molecular flexibility index (Phi) is 7.54. The number of hydrogen-bond acceptors (Lipinski definition) is 5. The van der Waals surface area contributed by atoms with Gasteiger partial charge in [0.2, 0.25) is 11.2 Å². The van der Waals surface area contributed by atoms with Crippen LogP contribution < -0.4 is 10.1 Å². The van der Waals surface area contributed by atoms with Crippen LogP contribution in [0, 0.1) is 0 Å². The van der Waals surface area contributed by atoms with Gasteiger partial charge < -0.3 is 10.1 Å². The van der Waals surface area contributed by atoms with Crippen molar-refractivity contribution in [1.29, 1.82) is 0 Å². The fourth-order valence-electron chi connectivity index (χ4n) is 3.16. The highest BCUT2D eigenvalue weighted by Crippen LogP contribution is 2.33. The Balaban J connectivity index is 1.50. The second-order valence-corrected chi connectivity index (χ2v) is 8.91. The predicted molar refractivity (Wildman–Crippen MR) is 131 cm³/mol. The molecule has 1 N–H and O–H groups in total. The van der Waals surface area contributed by atoms with E-state index in [0.717, 1.165) is 16.0 Å². The minimum Gasteiger partial charge on any atom is -0.497 e. The van der Waals surface area contributed by atoms with Gasteiger partial charge in [-0.2, -0.15) is 4.98 Å². The van der Waals surface area contributed by atoms with Gasteiger partial charge in [0.25, 0.3) is 0 Å². The summed E-state index contributed by atoms with van der Waals surface area (Å²) in [7, 11) is 1.60. The molecule has 0 saturated carbocycles. The van der Waals surface area contributed by atoms with E-state index in [1.54, 1.807) is 11.8 Å². The fourth-order valence-corrected chi connectivity index (χ4v) is 4.42. The molecule has 168 valence electrons. The van der Waals surface area contributed by atoms with Crippen LogP contribution in [-0.2, 0) is 17.8 Å². The van der Waals surface area contributed by atoms with Crippen molar-refractivity contribution in [3.05, 3.63) is 94.2 Å². The van der Waals surface area contributed by atoms with Crippen LogP contribution in [0.1, 0.15) is 11.1 Å². The van der Waals surface area contributed by atoms with Crippen LogP contribution in [0.25, 0.3) is 0 Å². The summed E-state index contributed by atoms with van der Waals surface area (Å²) in [4.78, 5) is 17.9. The van der Waals surface area contributed by atoms with Crippen LogP contribution in [0.4, 0.5) is 5.69 Å². The van der Waals surface area contributed by atoms with Crippen LogP contribution >= 0.6 is 35.0 Å². The van der Waals surface area contributed by atoms with Crippen molar-refractivity contribution >= 4 is 46.6 Å². The molecule has 6 nitrogen and oxygen atoms in total. The molecule has 0 radical (unpaired) electrons. The molecular formula is C24H20Cl2N4O2S. The van der Waals surface area contributed by atoms with Crippen molar-refractivity contribution in [3.8, 4) is 5.75 Å². The number of amides is 1. The number of methoxy groups -OCH3 is 1. The number of halogens is 2. The highest BCUT2D eigenvalue weighted by Gasteiger charge is 2.15. The van der Waals surface area contributed by atoms with Crippen molar-refractivity contribution in [2.75, 3.05) is 12.4 Å². The number of carbonyl (C=O) groups excluding carboxylic acids is 1. The number of benzene rings is 3. The summed E-state index contributed by atoms with van der Waals surface area (Å²) in [6.45, 7) is 0.490. The Bertz CT molecular complexity index is 1260. The predicted octanol–water partition coefficient (Wildman–Crippen LogP) is 5.97. The van der Waals surface area contributed by atoms with E-state index in [1.165, 1.54) is 11.8 Å². The van der Waals surface area contributed by atoms with Gasteiger partial charge in [-0.05, 0) is 70.9 Å². The summed E-state index contributed by atoms with van der Waals surface area (Å²) < 4.78 is 6.96. The molecule has 9 heteroatoms. The minimum absolute atomic E-state index is 0.128. The average Bonchev–Trinajstić information content (AvgIpc) is 3.15. The molecule has 0 aliphatic rings. The SMILES string of the molecule is COc1cccc(CC(=O)Nc2ccccc2Sc2nc(Cl)nn2Cc2ccc(Cl)cc2)c1. The number of aromatic nitrogens is 3. The van der Waals surface area contributed by atoms with Crippen molar-refractivity contribution in [2.24, 2.45) is 0 Å². The lowest BCUT2D eigenvalue weighted by Crippen LogP contribution is -2.15. The number of anilines is 1. The van der Waals surface area contributed by atoms with Gasteiger partial charge in [0.05, 0.1) is 25.8 Å². The molecular weight excluding hydrogens is 479 g/mol. The normalized spacial score (nSPS) is 10.8. The average molecular weight is 499 g/mol. The summed E-state index contributed by atoms with van der Waals surface area (Å²) in [5.41, 5.74) is 2.57. The highest BCUT2D eigenvalue weighted by atomic mass is 35.5. The molecule has 33 heavy (non-hydrogen) atoms. The Morgan fingerprint density at radius 3 is 2.61 bits per heavy atom. The summed E-state index contributed by atoms with van der Waals surface area (Å²) in [5.74, 6) is 0.588. The Morgan fingerprint density at radius 1 is 1.03 bits per heavy atom. The summed E-state index contributed by atoms with van der Waals surface area (Å²) >= 11 is 13.5. The monoisotopic (exact) mass is 498 g/mol. The second-order valence-electron chi connectivity index (χ2n) is 7.12. The van der Waals surface area contributed by atoms with E-state index in [9.17, 15) is 4.79 Å². The molecule has 1 heterocycles. The molecule has 0 atom stereocenters. The molecule has 0 aliphatic heterocycles. The molecule has 0 spiro atoms. The van der Waals surface area contributed by atoms with Crippen molar-refractivity contribution in [2.45, 2.75) is 23.0 Å². The van der Waals surface area contributed by atoms with Crippen molar-refractivity contribution < 1.29 is 9.53 Å². The maximum absolute atomic E-state index is 12.7.